The third kappa shape index (κ3) is 4.18. The quantitative estimate of drug-likeness (QED) is 0.230. The molecule has 0 aliphatic rings. The van der Waals surface area contributed by atoms with Crippen LogP contribution in [-0.2, 0) is 10.5 Å². The van der Waals surface area contributed by atoms with E-state index in [1.165, 1.54) is 11.8 Å². The number of nitrogens with two attached hydrogens (primary N) is 1. The van der Waals surface area contributed by atoms with Gasteiger partial charge in [0.05, 0.1) is 28.8 Å². The zero-order chi connectivity index (χ0) is 24.4. The van der Waals surface area contributed by atoms with Crippen LogP contribution in [0, 0.1) is 25.2 Å². The molecule has 0 bridgehead atoms. The monoisotopic (exact) mass is 490 g/mol. The molecule has 4 aromatic rings. The average Bonchev–Trinajstić information content (AvgIpc) is 3.15. The maximum atomic E-state index is 13.6. The van der Waals surface area contributed by atoms with Crippen molar-refractivity contribution in [1.29, 1.82) is 5.26 Å². The second kappa shape index (κ2) is 9.71. The first kappa shape index (κ1) is 23.5. The van der Waals surface area contributed by atoms with E-state index in [1.807, 2.05) is 44.2 Å². The van der Waals surface area contributed by atoms with Gasteiger partial charge in [0, 0.05) is 11.3 Å². The van der Waals surface area contributed by atoms with Crippen LogP contribution < -0.4 is 11.3 Å². The number of para-hydroxylation sites is 1. The molecule has 0 fully saturated rings. The van der Waals surface area contributed by atoms with Crippen LogP contribution in [0.4, 0.5) is 5.00 Å². The molecule has 0 unspecified atom stereocenters. The highest BCUT2D eigenvalue weighted by atomic mass is 32.2. The van der Waals surface area contributed by atoms with E-state index in [0.717, 1.165) is 28.2 Å². The molecule has 2 aromatic carbocycles. The Labute approximate surface area is 204 Å². The summed E-state index contributed by atoms with van der Waals surface area (Å²) in [6, 6.07) is 15.1. The first-order valence-corrected chi connectivity index (χ1v) is 12.4. The Kier molecular flexibility index (Phi) is 6.72. The summed E-state index contributed by atoms with van der Waals surface area (Å²) in [5.74, 6) is -0.296. The minimum atomic E-state index is -0.519. The smallest absolute Gasteiger partial charge is 0.348 e. The van der Waals surface area contributed by atoms with Gasteiger partial charge >= 0.3 is 5.97 Å². The molecule has 2 heterocycles. The summed E-state index contributed by atoms with van der Waals surface area (Å²) in [5.41, 5.74) is 9.91. The van der Waals surface area contributed by atoms with Crippen LogP contribution in [0.2, 0.25) is 0 Å². The molecular weight excluding hydrogens is 468 g/mol. The Morgan fingerprint density at radius 1 is 1.24 bits per heavy atom. The maximum absolute atomic E-state index is 13.6. The average molecular weight is 491 g/mol. The number of aromatic nitrogens is 2. The zero-order valence-electron chi connectivity index (χ0n) is 18.9. The number of nitriles is 1. The minimum Gasteiger partial charge on any atom is -0.462 e. The Bertz CT molecular complexity index is 1520. The molecule has 7 nitrogen and oxygen atoms in total. The fourth-order valence-corrected chi connectivity index (χ4v) is 5.70. The van der Waals surface area contributed by atoms with Gasteiger partial charge in [-0.15, -0.1) is 11.3 Å². The van der Waals surface area contributed by atoms with E-state index in [9.17, 15) is 14.9 Å². The molecule has 34 heavy (non-hydrogen) atoms. The number of hydrogen-bond donors (Lipinski definition) is 1. The van der Waals surface area contributed by atoms with Crippen molar-refractivity contribution in [3.8, 4) is 11.8 Å². The summed E-state index contributed by atoms with van der Waals surface area (Å²) < 4.78 is 6.76. The number of aryl methyl sites for hydroxylation is 1. The van der Waals surface area contributed by atoms with Gasteiger partial charge in [-0.05, 0) is 50.1 Å². The molecule has 0 saturated heterocycles. The van der Waals surface area contributed by atoms with Crippen LogP contribution in [0.1, 0.15) is 38.8 Å². The van der Waals surface area contributed by atoms with E-state index in [-0.39, 0.29) is 28.5 Å². The molecule has 0 amide bonds. The minimum absolute atomic E-state index is 0.183. The molecule has 9 heteroatoms. The lowest BCUT2D eigenvalue weighted by Gasteiger charge is -2.16. The van der Waals surface area contributed by atoms with Gasteiger partial charge in [0.2, 0.25) is 0 Å². The van der Waals surface area contributed by atoms with Crippen molar-refractivity contribution >= 4 is 45.0 Å². The summed E-state index contributed by atoms with van der Waals surface area (Å²) in [6.45, 7) is 5.89. The number of ether oxygens (including phenoxy) is 1. The first-order valence-electron chi connectivity index (χ1n) is 10.6. The number of nitrogens with zero attached hydrogens (tertiary/aromatic N) is 3. The maximum Gasteiger partial charge on any atom is 0.348 e. The number of nitrogen functional groups attached to an aromatic ring is 1. The lowest BCUT2D eigenvalue weighted by molar-refractivity contribution is 0.0531. The Morgan fingerprint density at radius 2 is 2.00 bits per heavy atom. The number of anilines is 1. The van der Waals surface area contributed by atoms with E-state index in [1.54, 1.807) is 23.6 Å². The predicted octanol–water partition coefficient (Wildman–Crippen LogP) is 4.99. The largest absolute Gasteiger partial charge is 0.462 e. The van der Waals surface area contributed by atoms with Crippen LogP contribution in [0.15, 0.2) is 52.4 Å². The topological polar surface area (TPSA) is 111 Å². The van der Waals surface area contributed by atoms with Gasteiger partial charge in [-0.2, -0.15) is 5.26 Å². The number of rotatable bonds is 6. The molecule has 4 rings (SSSR count). The van der Waals surface area contributed by atoms with Crippen LogP contribution in [0.25, 0.3) is 16.6 Å². The Morgan fingerprint density at radius 3 is 2.74 bits per heavy atom. The van der Waals surface area contributed by atoms with Gasteiger partial charge in [-0.1, -0.05) is 36.0 Å². The summed E-state index contributed by atoms with van der Waals surface area (Å²) >= 11 is 2.31. The molecule has 2 aromatic heterocycles. The number of fused-ring (bicyclic) bond motifs is 1. The lowest BCUT2D eigenvalue weighted by atomic mass is 10.1. The number of hydrogen-bond acceptors (Lipinski definition) is 8. The number of carbonyl (C=O) groups excluding carboxylic acids is 1. The molecule has 0 radical (unpaired) electrons. The van der Waals surface area contributed by atoms with Crippen LogP contribution in [0.3, 0.4) is 0 Å². The fraction of sp³-hybridized carbons (Fsp3) is 0.200. The van der Waals surface area contributed by atoms with Crippen molar-refractivity contribution in [1.82, 2.24) is 9.55 Å². The van der Waals surface area contributed by atoms with Crippen LogP contribution in [-0.4, -0.2) is 22.1 Å². The first-order chi connectivity index (χ1) is 16.4. The molecule has 0 aliphatic carbocycles. The third-order valence-electron chi connectivity index (χ3n) is 5.51. The number of esters is 1. The predicted molar refractivity (Wildman–Crippen MR) is 136 cm³/mol. The highest BCUT2D eigenvalue weighted by Crippen LogP contribution is 2.36. The summed E-state index contributed by atoms with van der Waals surface area (Å²) in [7, 11) is 0. The van der Waals surface area contributed by atoms with E-state index in [2.05, 4.69) is 6.07 Å². The summed E-state index contributed by atoms with van der Waals surface area (Å²) in [4.78, 5) is 31.1. The SMILES string of the molecule is CCOC(=O)c1sc(N)c(C#N)c1CSc1nc2ccccc2c(=O)n1-c1cccc(C)c1C. The molecule has 2 N–H and O–H groups in total. The molecular formula is C25H22N4O3S2. The second-order valence-corrected chi connectivity index (χ2v) is 9.54. The molecule has 0 atom stereocenters. The zero-order valence-corrected chi connectivity index (χ0v) is 20.5. The van der Waals surface area contributed by atoms with Crippen LogP contribution >= 0.6 is 23.1 Å². The number of thioether (sulfide) groups is 1. The van der Waals surface area contributed by atoms with Gasteiger partial charge in [-0.3, -0.25) is 9.36 Å². The van der Waals surface area contributed by atoms with Crippen molar-refractivity contribution in [2.45, 2.75) is 31.7 Å². The normalized spacial score (nSPS) is 10.9. The van der Waals surface area contributed by atoms with E-state index < -0.39 is 5.97 Å². The fourth-order valence-electron chi connectivity index (χ4n) is 3.64. The molecule has 0 spiro atoms. The molecule has 0 saturated carbocycles. The molecule has 172 valence electrons. The lowest BCUT2D eigenvalue weighted by Crippen LogP contribution is -2.22. The number of carbonyl (C=O) groups is 1. The van der Waals surface area contributed by atoms with Crippen molar-refractivity contribution in [2.75, 3.05) is 12.3 Å². The van der Waals surface area contributed by atoms with E-state index >= 15 is 0 Å². The summed E-state index contributed by atoms with van der Waals surface area (Å²) in [5, 5.41) is 10.9. The van der Waals surface area contributed by atoms with E-state index in [4.69, 9.17) is 15.5 Å². The Balaban J connectivity index is 1.87. The summed E-state index contributed by atoms with van der Waals surface area (Å²) in [6.07, 6.45) is 0. The Hall–Kier alpha value is -3.61. The van der Waals surface area contributed by atoms with Crippen molar-refractivity contribution in [3.05, 3.63) is 79.9 Å². The van der Waals surface area contributed by atoms with Gasteiger partial charge in [0.25, 0.3) is 5.56 Å². The van der Waals surface area contributed by atoms with E-state index in [0.29, 0.717) is 26.5 Å². The highest BCUT2D eigenvalue weighted by molar-refractivity contribution is 7.98. The highest BCUT2D eigenvalue weighted by Gasteiger charge is 2.24. The standard InChI is InChI=1S/C25H22N4O3S2/c1-4-32-24(31)21-18(17(12-26)22(27)34-21)13-33-25-28-19-10-6-5-9-16(19)23(30)29(25)20-11-7-8-14(2)15(20)3/h5-11H,4,13,27H2,1-3H3. The van der Waals surface area contributed by atoms with Crippen LogP contribution in [0.5, 0.6) is 0 Å². The third-order valence-corrected chi connectivity index (χ3v) is 7.52. The van der Waals surface area contributed by atoms with Gasteiger partial charge < -0.3 is 10.5 Å². The van der Waals surface area contributed by atoms with Crippen molar-refractivity contribution in [3.63, 3.8) is 0 Å². The number of benzene rings is 2. The number of thiophene rings is 1. The second-order valence-electron chi connectivity index (χ2n) is 7.54. The van der Waals surface area contributed by atoms with Gasteiger partial charge in [-0.25, -0.2) is 9.78 Å². The van der Waals surface area contributed by atoms with Crippen molar-refractivity contribution in [2.24, 2.45) is 0 Å². The van der Waals surface area contributed by atoms with Gasteiger partial charge in [0.15, 0.2) is 5.16 Å². The van der Waals surface area contributed by atoms with Gasteiger partial charge in [0.1, 0.15) is 15.9 Å². The molecule has 0 aliphatic heterocycles. The van der Waals surface area contributed by atoms with Crippen molar-refractivity contribution < 1.29 is 9.53 Å².